The van der Waals surface area contributed by atoms with Gasteiger partial charge in [-0.1, -0.05) is 13.0 Å². The number of rotatable bonds is 4. The van der Waals surface area contributed by atoms with Gasteiger partial charge >= 0.3 is 6.18 Å². The van der Waals surface area contributed by atoms with Crippen LogP contribution >= 0.6 is 0 Å². The van der Waals surface area contributed by atoms with Crippen molar-refractivity contribution >= 4 is 27.7 Å². The van der Waals surface area contributed by atoms with Gasteiger partial charge < -0.3 is 9.47 Å². The first-order valence-corrected chi connectivity index (χ1v) is 10.0. The van der Waals surface area contributed by atoms with E-state index in [0.717, 1.165) is 18.6 Å². The highest BCUT2D eigenvalue weighted by atomic mass is 32.2. The molecule has 146 valence electrons. The summed E-state index contributed by atoms with van der Waals surface area (Å²) in [4.78, 5) is 1.99. The molecule has 3 rings (SSSR count). The van der Waals surface area contributed by atoms with Crippen molar-refractivity contribution in [3.05, 3.63) is 29.3 Å². The van der Waals surface area contributed by atoms with Crippen molar-refractivity contribution < 1.29 is 17.4 Å². The first-order valence-electron chi connectivity index (χ1n) is 8.76. The van der Waals surface area contributed by atoms with E-state index in [1.165, 1.54) is 6.07 Å². The molecule has 0 spiro atoms. The largest absolute Gasteiger partial charge is 0.416 e. The summed E-state index contributed by atoms with van der Waals surface area (Å²) in [6.45, 7) is 4.30. The Morgan fingerprint density at radius 1 is 1.22 bits per heavy atom. The van der Waals surface area contributed by atoms with E-state index >= 15 is 0 Å². The lowest BCUT2D eigenvalue weighted by Crippen LogP contribution is -2.48. The SMILES string of the molecule is CCCS(=O)N1CCN(c2c(C#N)c3ccc(C(F)(F)F)cc3n2C)CC1. The molecule has 0 saturated carbocycles. The Balaban J connectivity index is 1.95. The molecule has 1 unspecified atom stereocenters. The molecule has 2 aromatic rings. The summed E-state index contributed by atoms with van der Waals surface area (Å²) in [7, 11) is 0.673. The summed E-state index contributed by atoms with van der Waals surface area (Å²) < 4.78 is 54.9. The van der Waals surface area contributed by atoms with Crippen molar-refractivity contribution in [2.24, 2.45) is 7.05 Å². The van der Waals surface area contributed by atoms with E-state index in [4.69, 9.17) is 0 Å². The van der Waals surface area contributed by atoms with E-state index in [-0.39, 0.29) is 0 Å². The molecule has 27 heavy (non-hydrogen) atoms. The van der Waals surface area contributed by atoms with Crippen LogP contribution in [-0.2, 0) is 24.2 Å². The van der Waals surface area contributed by atoms with Gasteiger partial charge in [-0.05, 0) is 18.6 Å². The molecule has 1 fully saturated rings. The molecule has 0 N–H and O–H groups in total. The van der Waals surface area contributed by atoms with Crippen LogP contribution in [0.3, 0.4) is 0 Å². The lowest BCUT2D eigenvalue weighted by atomic mass is 10.1. The topological polar surface area (TPSA) is 52.3 Å². The van der Waals surface area contributed by atoms with Crippen LogP contribution in [-0.4, -0.2) is 45.0 Å². The second kappa shape index (κ2) is 7.52. The second-order valence-corrected chi connectivity index (χ2v) is 8.11. The van der Waals surface area contributed by atoms with Crippen LogP contribution in [0.5, 0.6) is 0 Å². The summed E-state index contributed by atoms with van der Waals surface area (Å²) in [5, 5.41) is 10.1. The number of nitriles is 1. The number of hydrogen-bond acceptors (Lipinski definition) is 3. The normalized spacial score (nSPS) is 17.3. The minimum absolute atomic E-state index is 0.379. The fourth-order valence-electron chi connectivity index (χ4n) is 3.49. The molecule has 0 radical (unpaired) electrons. The summed E-state index contributed by atoms with van der Waals surface area (Å²) in [6, 6.07) is 5.62. The number of aromatic nitrogens is 1. The van der Waals surface area contributed by atoms with Crippen LogP contribution in [0.2, 0.25) is 0 Å². The molecule has 1 atom stereocenters. The molecule has 1 saturated heterocycles. The van der Waals surface area contributed by atoms with E-state index in [2.05, 4.69) is 6.07 Å². The minimum atomic E-state index is -4.43. The van der Waals surface area contributed by atoms with Crippen molar-refractivity contribution in [2.45, 2.75) is 19.5 Å². The number of nitrogens with zero attached hydrogens (tertiary/aromatic N) is 4. The van der Waals surface area contributed by atoms with Crippen LogP contribution in [0.4, 0.5) is 19.0 Å². The van der Waals surface area contributed by atoms with Crippen molar-refractivity contribution in [1.29, 1.82) is 5.26 Å². The van der Waals surface area contributed by atoms with Gasteiger partial charge in [-0.25, -0.2) is 8.51 Å². The van der Waals surface area contributed by atoms with E-state index in [0.29, 0.717) is 54.2 Å². The number of piperazine rings is 1. The van der Waals surface area contributed by atoms with Crippen LogP contribution in [0.25, 0.3) is 10.9 Å². The molecule has 9 heteroatoms. The van der Waals surface area contributed by atoms with Gasteiger partial charge in [0.15, 0.2) is 0 Å². The maximum atomic E-state index is 13.1. The molecule has 1 aliphatic rings. The quantitative estimate of drug-likeness (QED) is 0.794. The fourth-order valence-corrected chi connectivity index (χ4v) is 4.66. The Kier molecular flexibility index (Phi) is 5.49. The average molecular weight is 398 g/mol. The molecule has 1 aromatic heterocycles. The fraction of sp³-hybridized carbons (Fsp3) is 0.500. The van der Waals surface area contributed by atoms with Crippen molar-refractivity contribution in [1.82, 2.24) is 8.87 Å². The predicted octanol–water partition coefficient (Wildman–Crippen LogP) is 3.26. The maximum Gasteiger partial charge on any atom is 0.416 e. The maximum absolute atomic E-state index is 13.1. The van der Waals surface area contributed by atoms with Crippen LogP contribution < -0.4 is 4.90 Å². The summed E-state index contributed by atoms with van der Waals surface area (Å²) >= 11 is 0. The highest BCUT2D eigenvalue weighted by molar-refractivity contribution is 7.82. The molecule has 0 amide bonds. The molecule has 1 aliphatic heterocycles. The highest BCUT2D eigenvalue weighted by Gasteiger charge is 2.32. The molecule has 2 heterocycles. The van der Waals surface area contributed by atoms with Gasteiger partial charge in [0.05, 0.1) is 22.1 Å². The molecule has 1 aromatic carbocycles. The zero-order valence-electron chi connectivity index (χ0n) is 15.2. The number of anilines is 1. The van der Waals surface area contributed by atoms with Gasteiger partial charge in [-0.2, -0.15) is 18.4 Å². The van der Waals surface area contributed by atoms with E-state index in [1.807, 2.05) is 16.1 Å². The second-order valence-electron chi connectivity index (χ2n) is 6.54. The first-order chi connectivity index (χ1) is 12.8. The lowest BCUT2D eigenvalue weighted by molar-refractivity contribution is -0.137. The number of halogens is 3. The van der Waals surface area contributed by atoms with Crippen LogP contribution in [0.15, 0.2) is 18.2 Å². The van der Waals surface area contributed by atoms with E-state index < -0.39 is 22.7 Å². The van der Waals surface area contributed by atoms with Crippen molar-refractivity contribution in [3.63, 3.8) is 0 Å². The highest BCUT2D eigenvalue weighted by Crippen LogP contribution is 2.36. The molecular formula is C18H21F3N4OS. The Labute approximate surface area is 158 Å². The number of aryl methyl sites for hydroxylation is 1. The Bertz CT molecular complexity index is 908. The van der Waals surface area contributed by atoms with Gasteiger partial charge in [-0.15, -0.1) is 0 Å². The van der Waals surface area contributed by atoms with Crippen molar-refractivity contribution in [2.75, 3.05) is 36.8 Å². The number of fused-ring (bicyclic) bond motifs is 1. The third-order valence-corrected chi connectivity index (χ3v) is 6.51. The average Bonchev–Trinajstić information content (AvgIpc) is 2.93. The first kappa shape index (κ1) is 19.7. The number of hydrogen-bond donors (Lipinski definition) is 0. The Morgan fingerprint density at radius 2 is 1.89 bits per heavy atom. The third-order valence-electron chi connectivity index (χ3n) is 4.81. The summed E-state index contributed by atoms with van der Waals surface area (Å²) in [6.07, 6.45) is -3.59. The summed E-state index contributed by atoms with van der Waals surface area (Å²) in [5.41, 5.74) is 0.0316. The lowest BCUT2D eigenvalue weighted by Gasteiger charge is -2.35. The predicted molar refractivity (Wildman–Crippen MR) is 99.7 cm³/mol. The van der Waals surface area contributed by atoms with Gasteiger partial charge in [0.1, 0.15) is 17.5 Å². The summed E-state index contributed by atoms with van der Waals surface area (Å²) in [5.74, 6) is 1.24. The third kappa shape index (κ3) is 3.69. The zero-order chi connectivity index (χ0) is 19.8. The molecule has 0 aliphatic carbocycles. The Morgan fingerprint density at radius 3 is 2.44 bits per heavy atom. The van der Waals surface area contributed by atoms with Crippen LogP contribution in [0, 0.1) is 11.3 Å². The van der Waals surface area contributed by atoms with Crippen LogP contribution in [0.1, 0.15) is 24.5 Å². The Hall–Kier alpha value is -2.05. The van der Waals surface area contributed by atoms with Gasteiger partial charge in [0.25, 0.3) is 0 Å². The monoisotopic (exact) mass is 398 g/mol. The molecule has 0 bridgehead atoms. The van der Waals surface area contributed by atoms with Gasteiger partial charge in [0.2, 0.25) is 0 Å². The smallest absolute Gasteiger partial charge is 0.354 e. The molecule has 5 nitrogen and oxygen atoms in total. The van der Waals surface area contributed by atoms with Gasteiger partial charge in [0, 0.05) is 44.4 Å². The minimum Gasteiger partial charge on any atom is -0.354 e. The van der Waals surface area contributed by atoms with Gasteiger partial charge in [-0.3, -0.25) is 0 Å². The number of benzene rings is 1. The zero-order valence-corrected chi connectivity index (χ0v) is 16.0. The van der Waals surface area contributed by atoms with Crippen molar-refractivity contribution in [3.8, 4) is 6.07 Å². The van der Waals surface area contributed by atoms with E-state index in [9.17, 15) is 22.6 Å². The standard InChI is InChI=1S/C18H21F3N4OS/c1-3-10-27(26)25-8-6-24(7-9-25)17-15(12-22)14-5-4-13(18(19,20)21)11-16(14)23(17)2/h4-5,11H,3,6-10H2,1-2H3. The molecular weight excluding hydrogens is 377 g/mol. The number of alkyl halides is 3. The van der Waals surface area contributed by atoms with E-state index in [1.54, 1.807) is 11.6 Å².